The summed E-state index contributed by atoms with van der Waals surface area (Å²) in [4.78, 5) is 14.3. The first kappa shape index (κ1) is 14.5. The van der Waals surface area contributed by atoms with Gasteiger partial charge in [-0.05, 0) is 37.8 Å². The number of amides is 1. The third kappa shape index (κ3) is 3.83. The van der Waals surface area contributed by atoms with E-state index in [0.717, 1.165) is 45.3 Å². The van der Waals surface area contributed by atoms with Crippen molar-refractivity contribution in [3.05, 3.63) is 35.9 Å². The van der Waals surface area contributed by atoms with Crippen LogP contribution >= 0.6 is 0 Å². The van der Waals surface area contributed by atoms with Gasteiger partial charge in [0.25, 0.3) is 0 Å². The van der Waals surface area contributed by atoms with Gasteiger partial charge in [0.2, 0.25) is 5.91 Å². The second-order valence-corrected chi connectivity index (χ2v) is 5.97. The van der Waals surface area contributed by atoms with Crippen LogP contribution in [0.4, 0.5) is 0 Å². The molecule has 0 spiro atoms. The minimum absolute atomic E-state index is 0.0618. The molecule has 1 aromatic rings. The highest BCUT2D eigenvalue weighted by molar-refractivity contribution is 5.82. The van der Waals surface area contributed by atoms with E-state index in [2.05, 4.69) is 17.4 Å². The maximum Gasteiger partial charge on any atom is 0.239 e. The van der Waals surface area contributed by atoms with Gasteiger partial charge in [0, 0.05) is 13.1 Å². The number of benzene rings is 1. The SMILES string of the molecule is O=C(C1CCCN1)N1CCC(OCc2ccccc2)CC1. The zero-order chi connectivity index (χ0) is 14.5. The highest BCUT2D eigenvalue weighted by Gasteiger charge is 2.29. The first-order valence-corrected chi connectivity index (χ1v) is 8.00. The Balaban J connectivity index is 1.41. The van der Waals surface area contributed by atoms with Gasteiger partial charge in [0.15, 0.2) is 0 Å². The Hall–Kier alpha value is -1.39. The smallest absolute Gasteiger partial charge is 0.239 e. The van der Waals surface area contributed by atoms with Gasteiger partial charge >= 0.3 is 0 Å². The van der Waals surface area contributed by atoms with E-state index in [-0.39, 0.29) is 18.1 Å². The molecule has 2 fully saturated rings. The molecule has 1 amide bonds. The van der Waals surface area contributed by atoms with Crippen LogP contribution in [0.3, 0.4) is 0 Å². The van der Waals surface area contributed by atoms with Crippen LogP contribution in [0.5, 0.6) is 0 Å². The highest BCUT2D eigenvalue weighted by atomic mass is 16.5. The van der Waals surface area contributed by atoms with Crippen LogP contribution in [0.25, 0.3) is 0 Å². The normalized spacial score (nSPS) is 23.4. The molecule has 2 heterocycles. The average Bonchev–Trinajstić information content (AvgIpc) is 3.08. The summed E-state index contributed by atoms with van der Waals surface area (Å²) in [5.41, 5.74) is 1.21. The van der Waals surface area contributed by atoms with Gasteiger partial charge in [-0.1, -0.05) is 30.3 Å². The molecule has 0 saturated carbocycles. The monoisotopic (exact) mass is 288 g/mol. The standard InChI is InChI=1S/C17H24N2O2/c20-17(16-7-4-10-18-16)19-11-8-15(9-12-19)21-13-14-5-2-1-3-6-14/h1-3,5-6,15-16,18H,4,7-13H2. The largest absolute Gasteiger partial charge is 0.373 e. The predicted octanol–water partition coefficient (Wildman–Crippen LogP) is 1.95. The zero-order valence-electron chi connectivity index (χ0n) is 12.5. The van der Waals surface area contributed by atoms with E-state index in [0.29, 0.717) is 6.61 Å². The van der Waals surface area contributed by atoms with Crippen molar-refractivity contribution in [1.82, 2.24) is 10.2 Å². The van der Waals surface area contributed by atoms with Crippen molar-refractivity contribution in [3.63, 3.8) is 0 Å². The molecule has 4 heteroatoms. The number of likely N-dealkylation sites (tertiary alicyclic amines) is 1. The van der Waals surface area contributed by atoms with Gasteiger partial charge < -0.3 is 15.0 Å². The summed E-state index contributed by atoms with van der Waals surface area (Å²) in [5, 5.41) is 3.29. The van der Waals surface area contributed by atoms with Crippen LogP contribution < -0.4 is 5.32 Å². The average molecular weight is 288 g/mol. The zero-order valence-corrected chi connectivity index (χ0v) is 12.5. The lowest BCUT2D eigenvalue weighted by Crippen LogP contribution is -2.48. The molecule has 2 aliphatic rings. The second-order valence-electron chi connectivity index (χ2n) is 5.97. The van der Waals surface area contributed by atoms with Crippen molar-refractivity contribution >= 4 is 5.91 Å². The fourth-order valence-corrected chi connectivity index (χ4v) is 3.15. The van der Waals surface area contributed by atoms with Crippen LogP contribution in [0, 0.1) is 0 Å². The molecule has 0 bridgehead atoms. The van der Waals surface area contributed by atoms with E-state index >= 15 is 0 Å². The Bertz CT molecular complexity index is 449. The van der Waals surface area contributed by atoms with Crippen molar-refractivity contribution in [2.75, 3.05) is 19.6 Å². The van der Waals surface area contributed by atoms with E-state index in [1.54, 1.807) is 0 Å². The molecule has 0 aromatic heterocycles. The Morgan fingerprint density at radius 3 is 2.62 bits per heavy atom. The molecule has 114 valence electrons. The topological polar surface area (TPSA) is 41.6 Å². The molecule has 2 aliphatic heterocycles. The number of rotatable bonds is 4. The molecule has 1 N–H and O–H groups in total. The molecule has 21 heavy (non-hydrogen) atoms. The minimum atomic E-state index is 0.0618. The molecule has 4 nitrogen and oxygen atoms in total. The number of nitrogens with one attached hydrogen (secondary N) is 1. The van der Waals surface area contributed by atoms with Crippen molar-refractivity contribution in [2.24, 2.45) is 0 Å². The predicted molar refractivity (Wildman–Crippen MR) is 81.9 cm³/mol. The molecule has 2 saturated heterocycles. The lowest BCUT2D eigenvalue weighted by atomic mass is 10.1. The third-order valence-corrected chi connectivity index (χ3v) is 4.44. The minimum Gasteiger partial charge on any atom is -0.373 e. The number of nitrogens with zero attached hydrogens (tertiary/aromatic N) is 1. The third-order valence-electron chi connectivity index (χ3n) is 4.44. The lowest BCUT2D eigenvalue weighted by Gasteiger charge is -2.33. The van der Waals surface area contributed by atoms with E-state index in [1.165, 1.54) is 5.56 Å². The molecule has 3 rings (SSSR count). The Kier molecular flexibility index (Phi) is 4.88. The van der Waals surface area contributed by atoms with Crippen LogP contribution in [0.1, 0.15) is 31.2 Å². The first-order chi connectivity index (χ1) is 10.3. The van der Waals surface area contributed by atoms with Gasteiger partial charge in [-0.2, -0.15) is 0 Å². The maximum absolute atomic E-state index is 12.3. The van der Waals surface area contributed by atoms with E-state index in [4.69, 9.17) is 4.74 Å². The van der Waals surface area contributed by atoms with Crippen molar-refractivity contribution in [3.8, 4) is 0 Å². The number of hydrogen-bond acceptors (Lipinski definition) is 3. The number of piperidine rings is 1. The number of carbonyl (C=O) groups is 1. The summed E-state index contributed by atoms with van der Waals surface area (Å²) >= 11 is 0. The van der Waals surface area contributed by atoms with Gasteiger partial charge in [-0.25, -0.2) is 0 Å². The molecule has 1 atom stereocenters. The highest BCUT2D eigenvalue weighted by Crippen LogP contribution is 2.18. The van der Waals surface area contributed by atoms with Gasteiger partial charge in [-0.15, -0.1) is 0 Å². The first-order valence-electron chi connectivity index (χ1n) is 8.00. The maximum atomic E-state index is 12.3. The van der Waals surface area contributed by atoms with Crippen LogP contribution in [-0.2, 0) is 16.1 Å². The Morgan fingerprint density at radius 2 is 1.95 bits per heavy atom. The number of ether oxygens (including phenoxy) is 1. The van der Waals surface area contributed by atoms with Gasteiger partial charge in [0.1, 0.15) is 0 Å². The van der Waals surface area contributed by atoms with Crippen LogP contribution in [-0.4, -0.2) is 42.6 Å². The van der Waals surface area contributed by atoms with Crippen molar-refractivity contribution in [2.45, 2.75) is 44.4 Å². The molecular formula is C17H24N2O2. The van der Waals surface area contributed by atoms with Crippen LogP contribution in [0.2, 0.25) is 0 Å². The Morgan fingerprint density at radius 1 is 1.19 bits per heavy atom. The van der Waals surface area contributed by atoms with Gasteiger partial charge in [0.05, 0.1) is 18.8 Å². The molecule has 1 unspecified atom stereocenters. The molecule has 0 radical (unpaired) electrons. The summed E-state index contributed by atoms with van der Waals surface area (Å²) in [6.07, 6.45) is 4.29. The summed E-state index contributed by atoms with van der Waals surface area (Å²) < 4.78 is 5.97. The summed E-state index contributed by atoms with van der Waals surface area (Å²) in [6, 6.07) is 10.3. The fourth-order valence-electron chi connectivity index (χ4n) is 3.15. The quantitative estimate of drug-likeness (QED) is 0.920. The van der Waals surface area contributed by atoms with Crippen LogP contribution in [0.15, 0.2) is 30.3 Å². The fraction of sp³-hybridized carbons (Fsp3) is 0.588. The number of carbonyl (C=O) groups excluding carboxylic acids is 1. The van der Waals surface area contributed by atoms with E-state index < -0.39 is 0 Å². The lowest BCUT2D eigenvalue weighted by molar-refractivity contribution is -0.135. The van der Waals surface area contributed by atoms with E-state index in [1.807, 2.05) is 23.1 Å². The summed E-state index contributed by atoms with van der Waals surface area (Å²) in [6.45, 7) is 3.31. The molecular weight excluding hydrogens is 264 g/mol. The van der Waals surface area contributed by atoms with Crippen molar-refractivity contribution < 1.29 is 9.53 Å². The summed E-state index contributed by atoms with van der Waals surface area (Å²) in [7, 11) is 0. The Labute approximate surface area is 126 Å². The van der Waals surface area contributed by atoms with Crippen molar-refractivity contribution in [1.29, 1.82) is 0 Å². The molecule has 0 aliphatic carbocycles. The number of hydrogen-bond donors (Lipinski definition) is 1. The van der Waals surface area contributed by atoms with E-state index in [9.17, 15) is 4.79 Å². The summed E-state index contributed by atoms with van der Waals surface area (Å²) in [5.74, 6) is 0.286. The second kappa shape index (κ2) is 7.05. The van der Waals surface area contributed by atoms with Gasteiger partial charge in [-0.3, -0.25) is 4.79 Å². The molecule has 1 aromatic carbocycles.